The van der Waals surface area contributed by atoms with Gasteiger partial charge in [0, 0.05) is 28.1 Å². The number of carbonyl (C=O) groups is 2. The number of hydrogen-bond acceptors (Lipinski definition) is 4. The molecule has 0 unspecified atom stereocenters. The minimum absolute atomic E-state index is 0.247. The van der Waals surface area contributed by atoms with Crippen molar-refractivity contribution in [2.24, 2.45) is 0 Å². The molecule has 7 heteroatoms. The van der Waals surface area contributed by atoms with Crippen molar-refractivity contribution >= 4 is 40.9 Å². The molecule has 2 N–H and O–H groups in total. The molecule has 0 aliphatic carbocycles. The highest BCUT2D eigenvalue weighted by Crippen LogP contribution is 2.24. The number of rotatable bonds is 8. The van der Waals surface area contributed by atoms with Gasteiger partial charge in [0.2, 0.25) is 0 Å². The summed E-state index contributed by atoms with van der Waals surface area (Å²) in [6.45, 7) is 0.300. The smallest absolute Gasteiger partial charge is 0.255 e. The van der Waals surface area contributed by atoms with E-state index in [-0.39, 0.29) is 16.8 Å². The van der Waals surface area contributed by atoms with Crippen LogP contribution in [-0.4, -0.2) is 16.8 Å². The van der Waals surface area contributed by atoms with Crippen LogP contribution >= 0.6 is 23.4 Å². The summed E-state index contributed by atoms with van der Waals surface area (Å²) < 4.78 is 0. The van der Waals surface area contributed by atoms with Crippen LogP contribution in [-0.2, 0) is 12.3 Å². The van der Waals surface area contributed by atoms with Gasteiger partial charge in [0.15, 0.2) is 0 Å². The summed E-state index contributed by atoms with van der Waals surface area (Å²) in [7, 11) is 0. The Hall–Kier alpha value is -3.61. The van der Waals surface area contributed by atoms with Crippen LogP contribution in [0.4, 0.5) is 5.69 Å². The first-order chi connectivity index (χ1) is 16.6. The zero-order valence-electron chi connectivity index (χ0n) is 18.2. The van der Waals surface area contributed by atoms with Gasteiger partial charge in [-0.2, -0.15) is 0 Å². The lowest BCUT2D eigenvalue weighted by Gasteiger charge is -2.10. The number of halogens is 1. The average Bonchev–Trinajstić information content (AvgIpc) is 2.87. The van der Waals surface area contributed by atoms with Gasteiger partial charge in [-0.1, -0.05) is 48.0 Å². The highest BCUT2D eigenvalue weighted by atomic mass is 35.5. The Morgan fingerprint density at radius 1 is 0.853 bits per heavy atom. The molecule has 4 rings (SSSR count). The number of anilines is 1. The molecule has 0 saturated carbocycles. The first-order valence-electron chi connectivity index (χ1n) is 10.6. The predicted molar refractivity (Wildman–Crippen MR) is 137 cm³/mol. The van der Waals surface area contributed by atoms with Crippen molar-refractivity contribution in [3.05, 3.63) is 125 Å². The third-order valence-electron chi connectivity index (χ3n) is 4.99. The van der Waals surface area contributed by atoms with Crippen molar-refractivity contribution in [1.82, 2.24) is 10.3 Å². The van der Waals surface area contributed by atoms with E-state index in [1.54, 1.807) is 48.3 Å². The van der Waals surface area contributed by atoms with E-state index in [1.807, 2.05) is 48.5 Å². The molecule has 34 heavy (non-hydrogen) atoms. The van der Waals surface area contributed by atoms with Crippen LogP contribution in [0.25, 0.3) is 0 Å². The molecule has 0 bridgehead atoms. The standard InChI is InChI=1S/C27H22ClN3O2S/c28-25-16-21(11-14-24(25)27(33)30-17-22-8-4-5-15-29-22)31-26(32)20-9-12-23(13-10-20)34-18-19-6-2-1-3-7-19/h1-16H,17-18H2,(H,30,33)(H,31,32). The molecular weight excluding hydrogens is 466 g/mol. The van der Waals surface area contributed by atoms with Gasteiger partial charge >= 0.3 is 0 Å². The first-order valence-corrected chi connectivity index (χ1v) is 12.0. The zero-order valence-corrected chi connectivity index (χ0v) is 19.8. The van der Waals surface area contributed by atoms with Gasteiger partial charge in [-0.25, -0.2) is 0 Å². The molecular formula is C27H22ClN3O2S. The van der Waals surface area contributed by atoms with Gasteiger partial charge < -0.3 is 10.6 Å². The van der Waals surface area contributed by atoms with Crippen molar-refractivity contribution in [2.75, 3.05) is 5.32 Å². The molecule has 0 saturated heterocycles. The molecule has 1 aromatic heterocycles. The van der Waals surface area contributed by atoms with E-state index in [9.17, 15) is 9.59 Å². The van der Waals surface area contributed by atoms with E-state index in [1.165, 1.54) is 5.56 Å². The van der Waals surface area contributed by atoms with Crippen molar-refractivity contribution < 1.29 is 9.59 Å². The van der Waals surface area contributed by atoms with Crippen LogP contribution in [0.15, 0.2) is 102 Å². The van der Waals surface area contributed by atoms with E-state index in [2.05, 4.69) is 27.8 Å². The maximum Gasteiger partial charge on any atom is 0.255 e. The Morgan fingerprint density at radius 2 is 1.62 bits per heavy atom. The summed E-state index contributed by atoms with van der Waals surface area (Å²) in [4.78, 5) is 30.4. The van der Waals surface area contributed by atoms with Crippen molar-refractivity contribution in [2.45, 2.75) is 17.2 Å². The second kappa shape index (κ2) is 11.5. The summed E-state index contributed by atoms with van der Waals surface area (Å²) >= 11 is 8.03. The number of nitrogens with zero attached hydrogens (tertiary/aromatic N) is 1. The number of hydrogen-bond donors (Lipinski definition) is 2. The number of nitrogens with one attached hydrogen (secondary N) is 2. The Kier molecular flexibility index (Phi) is 7.96. The highest BCUT2D eigenvalue weighted by molar-refractivity contribution is 7.98. The minimum Gasteiger partial charge on any atom is -0.346 e. The molecule has 0 atom stereocenters. The van der Waals surface area contributed by atoms with Gasteiger partial charge in [0.25, 0.3) is 11.8 Å². The van der Waals surface area contributed by atoms with E-state index in [0.717, 1.165) is 16.3 Å². The normalized spacial score (nSPS) is 10.5. The van der Waals surface area contributed by atoms with Gasteiger partial charge in [0.1, 0.15) is 0 Å². The summed E-state index contributed by atoms with van der Waals surface area (Å²) in [6, 6.07) is 28.0. The molecule has 0 aliphatic heterocycles. The monoisotopic (exact) mass is 487 g/mol. The number of benzene rings is 3. The molecule has 0 spiro atoms. The second-order valence-corrected chi connectivity index (χ2v) is 8.91. The van der Waals surface area contributed by atoms with Crippen molar-refractivity contribution in [1.29, 1.82) is 0 Å². The minimum atomic E-state index is -0.308. The van der Waals surface area contributed by atoms with E-state index in [4.69, 9.17) is 11.6 Å². The summed E-state index contributed by atoms with van der Waals surface area (Å²) in [5.74, 6) is 0.312. The Bertz CT molecular complexity index is 1270. The Balaban J connectivity index is 1.32. The third-order valence-corrected chi connectivity index (χ3v) is 6.39. The van der Waals surface area contributed by atoms with Crippen molar-refractivity contribution in [3.63, 3.8) is 0 Å². The summed E-state index contributed by atoms with van der Waals surface area (Å²) in [6.07, 6.45) is 1.67. The Morgan fingerprint density at radius 3 is 2.32 bits per heavy atom. The molecule has 2 amide bonds. The van der Waals surface area contributed by atoms with Crippen molar-refractivity contribution in [3.8, 4) is 0 Å². The first kappa shape index (κ1) is 23.5. The van der Waals surface area contributed by atoms with Crippen LogP contribution < -0.4 is 10.6 Å². The second-order valence-electron chi connectivity index (χ2n) is 7.45. The quantitative estimate of drug-likeness (QED) is 0.290. The van der Waals surface area contributed by atoms with E-state index in [0.29, 0.717) is 23.4 Å². The molecule has 3 aromatic carbocycles. The van der Waals surface area contributed by atoms with Gasteiger partial charge in [-0.15, -0.1) is 11.8 Å². The zero-order chi connectivity index (χ0) is 23.8. The van der Waals surface area contributed by atoms with Crippen LogP contribution in [0, 0.1) is 0 Å². The van der Waals surface area contributed by atoms with E-state index >= 15 is 0 Å². The van der Waals surface area contributed by atoms with Gasteiger partial charge in [0.05, 0.1) is 22.8 Å². The maximum atomic E-state index is 12.6. The lowest BCUT2D eigenvalue weighted by Crippen LogP contribution is -2.23. The molecule has 170 valence electrons. The fraction of sp³-hybridized carbons (Fsp3) is 0.0741. The molecule has 0 aliphatic rings. The predicted octanol–water partition coefficient (Wildman–Crippen LogP) is 6.21. The lowest BCUT2D eigenvalue weighted by molar-refractivity contribution is 0.0950. The summed E-state index contributed by atoms with van der Waals surface area (Å²) in [5, 5.41) is 5.88. The van der Waals surface area contributed by atoms with Crippen LogP contribution in [0.5, 0.6) is 0 Å². The molecule has 1 heterocycles. The van der Waals surface area contributed by atoms with E-state index < -0.39 is 0 Å². The maximum absolute atomic E-state index is 12.6. The molecule has 0 fully saturated rings. The largest absolute Gasteiger partial charge is 0.346 e. The Labute approximate surface area is 207 Å². The third kappa shape index (κ3) is 6.47. The average molecular weight is 488 g/mol. The SMILES string of the molecule is O=C(Nc1ccc(C(=O)NCc2ccccn2)c(Cl)c1)c1ccc(SCc2ccccc2)cc1. The molecule has 4 aromatic rings. The summed E-state index contributed by atoms with van der Waals surface area (Å²) in [5.41, 5.74) is 3.38. The molecule has 0 radical (unpaired) electrons. The number of aromatic nitrogens is 1. The van der Waals surface area contributed by atoms with Crippen LogP contribution in [0.2, 0.25) is 5.02 Å². The lowest BCUT2D eigenvalue weighted by atomic mass is 10.1. The molecule has 5 nitrogen and oxygen atoms in total. The van der Waals surface area contributed by atoms with Crippen LogP contribution in [0.3, 0.4) is 0 Å². The number of carbonyl (C=O) groups excluding carboxylic acids is 2. The van der Waals surface area contributed by atoms with Gasteiger partial charge in [-0.3, -0.25) is 14.6 Å². The number of thioether (sulfide) groups is 1. The highest BCUT2D eigenvalue weighted by Gasteiger charge is 2.13. The number of pyridine rings is 1. The fourth-order valence-electron chi connectivity index (χ4n) is 3.19. The van der Waals surface area contributed by atoms with Gasteiger partial charge in [-0.05, 0) is 60.2 Å². The topological polar surface area (TPSA) is 71.1 Å². The fourth-order valence-corrected chi connectivity index (χ4v) is 4.31. The number of amides is 2. The van der Waals surface area contributed by atoms with Crippen LogP contribution in [0.1, 0.15) is 32.0 Å².